The fraction of sp³-hybridized carbons (Fsp3) is 0.450. The third-order valence-corrected chi connectivity index (χ3v) is 5.31. The molecule has 3 heterocycles. The highest BCUT2D eigenvalue weighted by Crippen LogP contribution is 2.27. The highest BCUT2D eigenvalue weighted by Gasteiger charge is 2.27. The number of aliphatic hydroxyl groups is 1. The van der Waals surface area contributed by atoms with Crippen LogP contribution in [0.2, 0.25) is 0 Å². The highest BCUT2D eigenvalue weighted by atomic mass is 16.4. The summed E-state index contributed by atoms with van der Waals surface area (Å²) in [6, 6.07) is 11.8. The van der Waals surface area contributed by atoms with Gasteiger partial charge in [0.2, 0.25) is 5.91 Å². The third kappa shape index (κ3) is 3.67. The van der Waals surface area contributed by atoms with Gasteiger partial charge in [0, 0.05) is 45.0 Å². The van der Waals surface area contributed by atoms with E-state index in [0.717, 1.165) is 44.8 Å². The number of hydrogen-bond acceptors (Lipinski definition) is 5. The van der Waals surface area contributed by atoms with Crippen LogP contribution in [-0.4, -0.2) is 66.6 Å². The minimum atomic E-state index is -0.598. The molecule has 1 aromatic carbocycles. The first-order valence-electron chi connectivity index (χ1n) is 9.25. The maximum absolute atomic E-state index is 12.7. The van der Waals surface area contributed by atoms with Crippen molar-refractivity contribution in [2.24, 2.45) is 0 Å². The number of carbonyl (C=O) groups is 1. The fourth-order valence-electron chi connectivity index (χ4n) is 3.82. The average Bonchev–Trinajstić information content (AvgIpc) is 3.33. The Morgan fingerprint density at radius 3 is 2.58 bits per heavy atom. The van der Waals surface area contributed by atoms with Crippen molar-refractivity contribution in [1.29, 1.82) is 0 Å². The molecule has 1 aromatic heterocycles. The van der Waals surface area contributed by atoms with Crippen LogP contribution in [-0.2, 0) is 11.2 Å². The molecule has 0 bridgehead atoms. The standard InChI is InChI=1S/C20H25N3O3/c24-18(19-6-3-13-26-19)14-21-9-11-22(12-10-21)15-20(25)23-8-7-16-4-1-2-5-17(16)23/h1-6,13,18,24H,7-12,14-15H2/t18-/m1/s1. The van der Waals surface area contributed by atoms with Crippen LogP contribution in [0.25, 0.3) is 0 Å². The molecule has 0 spiro atoms. The third-order valence-electron chi connectivity index (χ3n) is 5.31. The minimum Gasteiger partial charge on any atom is -0.467 e. The van der Waals surface area contributed by atoms with Crippen LogP contribution in [0, 0.1) is 0 Å². The van der Waals surface area contributed by atoms with Gasteiger partial charge >= 0.3 is 0 Å². The van der Waals surface area contributed by atoms with Gasteiger partial charge in [0.1, 0.15) is 11.9 Å². The number of nitrogens with zero attached hydrogens (tertiary/aromatic N) is 3. The summed E-state index contributed by atoms with van der Waals surface area (Å²) in [5, 5.41) is 10.2. The van der Waals surface area contributed by atoms with Crippen molar-refractivity contribution in [3.63, 3.8) is 0 Å². The van der Waals surface area contributed by atoms with Crippen molar-refractivity contribution in [3.05, 3.63) is 54.0 Å². The number of hydrogen-bond donors (Lipinski definition) is 1. The highest BCUT2D eigenvalue weighted by molar-refractivity contribution is 5.96. The first-order chi connectivity index (χ1) is 12.7. The van der Waals surface area contributed by atoms with E-state index in [9.17, 15) is 9.90 Å². The van der Waals surface area contributed by atoms with Gasteiger partial charge in [-0.1, -0.05) is 18.2 Å². The van der Waals surface area contributed by atoms with Gasteiger partial charge in [0.15, 0.2) is 0 Å². The maximum atomic E-state index is 12.7. The summed E-state index contributed by atoms with van der Waals surface area (Å²) in [6.45, 7) is 5.19. The summed E-state index contributed by atoms with van der Waals surface area (Å²) in [5.41, 5.74) is 2.33. The van der Waals surface area contributed by atoms with Gasteiger partial charge in [-0.05, 0) is 30.2 Å². The minimum absolute atomic E-state index is 0.180. The van der Waals surface area contributed by atoms with E-state index in [4.69, 9.17) is 4.42 Å². The number of furan rings is 1. The Bertz CT molecular complexity index is 739. The second-order valence-corrected chi connectivity index (χ2v) is 7.03. The molecule has 1 N–H and O–H groups in total. The first-order valence-corrected chi connectivity index (χ1v) is 9.25. The summed E-state index contributed by atoms with van der Waals surface area (Å²) in [7, 11) is 0. The van der Waals surface area contributed by atoms with Crippen LogP contribution in [0.1, 0.15) is 17.4 Å². The number of anilines is 1. The predicted octanol–water partition coefficient (Wildman–Crippen LogP) is 1.52. The summed E-state index contributed by atoms with van der Waals surface area (Å²) in [4.78, 5) is 19.1. The van der Waals surface area contributed by atoms with E-state index in [1.165, 1.54) is 5.56 Å². The normalized spacial score (nSPS) is 19.5. The summed E-state index contributed by atoms with van der Waals surface area (Å²) in [5.74, 6) is 0.786. The van der Waals surface area contributed by atoms with Gasteiger partial charge in [-0.2, -0.15) is 0 Å². The van der Waals surface area contributed by atoms with Crippen LogP contribution in [0.15, 0.2) is 47.1 Å². The number of piperazine rings is 1. The molecule has 2 aliphatic heterocycles. The Kier molecular flexibility index (Phi) is 5.06. The lowest BCUT2D eigenvalue weighted by Gasteiger charge is -2.35. The number of fused-ring (bicyclic) bond motifs is 1. The molecule has 1 saturated heterocycles. The van der Waals surface area contributed by atoms with Crippen LogP contribution in [0.3, 0.4) is 0 Å². The largest absolute Gasteiger partial charge is 0.467 e. The van der Waals surface area contributed by atoms with Crippen molar-refractivity contribution in [2.75, 3.05) is 50.7 Å². The van der Waals surface area contributed by atoms with Crippen molar-refractivity contribution in [1.82, 2.24) is 9.80 Å². The molecule has 6 heteroatoms. The molecule has 26 heavy (non-hydrogen) atoms. The lowest BCUT2D eigenvalue weighted by atomic mass is 10.2. The molecule has 2 aliphatic rings. The van der Waals surface area contributed by atoms with Crippen LogP contribution in [0.5, 0.6) is 0 Å². The lowest BCUT2D eigenvalue weighted by molar-refractivity contribution is -0.120. The van der Waals surface area contributed by atoms with Crippen molar-refractivity contribution < 1.29 is 14.3 Å². The average molecular weight is 355 g/mol. The monoisotopic (exact) mass is 355 g/mol. The number of amides is 1. The molecule has 0 radical (unpaired) electrons. The molecule has 4 rings (SSSR count). The molecule has 2 aromatic rings. The molecule has 1 amide bonds. The Balaban J connectivity index is 1.26. The summed E-state index contributed by atoms with van der Waals surface area (Å²) >= 11 is 0. The molecular formula is C20H25N3O3. The predicted molar refractivity (Wildman–Crippen MR) is 99.0 cm³/mol. The molecule has 138 valence electrons. The zero-order valence-corrected chi connectivity index (χ0v) is 14.9. The van der Waals surface area contributed by atoms with E-state index < -0.39 is 6.10 Å². The molecule has 0 aliphatic carbocycles. The first kappa shape index (κ1) is 17.3. The van der Waals surface area contributed by atoms with E-state index in [0.29, 0.717) is 18.8 Å². The smallest absolute Gasteiger partial charge is 0.241 e. The fourth-order valence-corrected chi connectivity index (χ4v) is 3.82. The van der Waals surface area contributed by atoms with Gasteiger partial charge in [0.05, 0.1) is 12.8 Å². The summed E-state index contributed by atoms with van der Waals surface area (Å²) < 4.78 is 5.26. The number of aliphatic hydroxyl groups excluding tert-OH is 1. The Morgan fingerprint density at radius 2 is 1.81 bits per heavy atom. The zero-order valence-electron chi connectivity index (χ0n) is 14.9. The number of β-amino-alcohol motifs (C(OH)–C–C–N with tert-alkyl or cyclic N) is 1. The molecule has 0 unspecified atom stereocenters. The lowest BCUT2D eigenvalue weighted by Crippen LogP contribution is -2.50. The Hall–Kier alpha value is -2.15. The van der Waals surface area contributed by atoms with Crippen LogP contribution < -0.4 is 4.90 Å². The second-order valence-electron chi connectivity index (χ2n) is 7.03. The van der Waals surface area contributed by atoms with Gasteiger partial charge in [-0.3, -0.25) is 14.6 Å². The maximum Gasteiger partial charge on any atom is 0.241 e. The molecule has 1 fully saturated rings. The topological polar surface area (TPSA) is 60.2 Å². The summed E-state index contributed by atoms with van der Waals surface area (Å²) in [6.07, 6.45) is 1.93. The van der Waals surface area contributed by atoms with Crippen molar-refractivity contribution in [2.45, 2.75) is 12.5 Å². The zero-order chi connectivity index (χ0) is 17.9. The number of carbonyl (C=O) groups excluding carboxylic acids is 1. The molecular weight excluding hydrogens is 330 g/mol. The van der Waals surface area contributed by atoms with E-state index in [-0.39, 0.29) is 5.91 Å². The van der Waals surface area contributed by atoms with E-state index in [2.05, 4.69) is 15.9 Å². The van der Waals surface area contributed by atoms with Gasteiger partial charge in [0.25, 0.3) is 0 Å². The van der Waals surface area contributed by atoms with Crippen LogP contribution in [0.4, 0.5) is 5.69 Å². The Morgan fingerprint density at radius 1 is 1.04 bits per heavy atom. The quantitative estimate of drug-likeness (QED) is 0.881. The number of para-hydroxylation sites is 1. The molecule has 1 atom stereocenters. The van der Waals surface area contributed by atoms with E-state index in [1.807, 2.05) is 23.1 Å². The van der Waals surface area contributed by atoms with E-state index in [1.54, 1.807) is 18.4 Å². The SMILES string of the molecule is O=C(CN1CCN(C[C@@H](O)c2ccco2)CC1)N1CCc2ccccc21. The Labute approximate surface area is 153 Å². The van der Waals surface area contributed by atoms with E-state index >= 15 is 0 Å². The van der Waals surface area contributed by atoms with Gasteiger partial charge in [-0.15, -0.1) is 0 Å². The van der Waals surface area contributed by atoms with Gasteiger partial charge < -0.3 is 14.4 Å². The number of benzene rings is 1. The van der Waals surface area contributed by atoms with Crippen molar-refractivity contribution >= 4 is 11.6 Å². The van der Waals surface area contributed by atoms with Crippen LogP contribution >= 0.6 is 0 Å². The molecule has 0 saturated carbocycles. The second kappa shape index (κ2) is 7.61. The van der Waals surface area contributed by atoms with Gasteiger partial charge in [-0.25, -0.2) is 0 Å². The number of rotatable bonds is 5. The van der Waals surface area contributed by atoms with Crippen molar-refractivity contribution in [3.8, 4) is 0 Å². The molecule has 6 nitrogen and oxygen atoms in total.